The Morgan fingerprint density at radius 3 is 2.48 bits per heavy atom. The van der Waals surface area contributed by atoms with Crippen LogP contribution in [-0.2, 0) is 10.0 Å². The summed E-state index contributed by atoms with van der Waals surface area (Å²) >= 11 is 6.05. The molecule has 0 aliphatic heterocycles. The fourth-order valence-electron chi connectivity index (χ4n) is 3.77. The number of benzene rings is 2. The first-order valence-corrected chi connectivity index (χ1v) is 11.4. The van der Waals surface area contributed by atoms with E-state index in [9.17, 15) is 12.8 Å². The molecule has 0 spiro atoms. The van der Waals surface area contributed by atoms with Gasteiger partial charge in [-0.1, -0.05) is 23.7 Å². The van der Waals surface area contributed by atoms with Crippen LogP contribution >= 0.6 is 11.6 Å². The van der Waals surface area contributed by atoms with Crippen LogP contribution in [0.15, 0.2) is 59.6 Å². The van der Waals surface area contributed by atoms with Crippen molar-refractivity contribution in [3.63, 3.8) is 0 Å². The molecule has 0 saturated heterocycles. The van der Waals surface area contributed by atoms with Crippen molar-refractivity contribution in [1.29, 1.82) is 0 Å². The number of nitrogens with zero attached hydrogens (tertiary/aromatic N) is 1. The minimum atomic E-state index is -3.87. The Labute approximate surface area is 174 Å². The molecule has 1 aromatic heterocycles. The third-order valence-electron chi connectivity index (χ3n) is 5.24. The van der Waals surface area contributed by atoms with Crippen molar-refractivity contribution in [2.75, 3.05) is 5.32 Å². The predicted octanol–water partition coefficient (Wildman–Crippen LogP) is 4.73. The molecule has 0 unspecified atom stereocenters. The number of sulfonamides is 1. The summed E-state index contributed by atoms with van der Waals surface area (Å²) in [6.45, 7) is 0. The molecule has 0 bridgehead atoms. The second-order valence-corrected chi connectivity index (χ2v) is 9.38. The quantitative estimate of drug-likeness (QED) is 0.610. The van der Waals surface area contributed by atoms with E-state index >= 15 is 0 Å². The third-order valence-corrected chi connectivity index (χ3v) is 7.03. The Morgan fingerprint density at radius 1 is 1.00 bits per heavy atom. The summed E-state index contributed by atoms with van der Waals surface area (Å²) in [6.07, 6.45) is 4.72. The van der Waals surface area contributed by atoms with E-state index in [0.717, 1.165) is 35.5 Å². The molecule has 0 amide bonds. The number of hydrogen-bond acceptors (Lipinski definition) is 4. The van der Waals surface area contributed by atoms with Crippen molar-refractivity contribution in [3.8, 4) is 0 Å². The molecule has 152 valence electrons. The Hall–Kier alpha value is -2.22. The molecule has 29 heavy (non-hydrogen) atoms. The smallest absolute Gasteiger partial charge is 0.243 e. The molecule has 5 nitrogen and oxygen atoms in total. The summed E-state index contributed by atoms with van der Waals surface area (Å²) in [6, 6.07) is 13.0. The van der Waals surface area contributed by atoms with Crippen LogP contribution in [-0.4, -0.2) is 25.5 Å². The lowest BCUT2D eigenvalue weighted by molar-refractivity contribution is 0.387. The van der Waals surface area contributed by atoms with Gasteiger partial charge in [0.25, 0.3) is 0 Å². The van der Waals surface area contributed by atoms with Crippen LogP contribution in [0.25, 0.3) is 10.9 Å². The number of fused-ring (bicyclic) bond motifs is 1. The van der Waals surface area contributed by atoms with Gasteiger partial charge in [-0.2, -0.15) is 0 Å². The number of nitrogens with one attached hydrogen (secondary N) is 2. The molecule has 8 heteroatoms. The highest BCUT2D eigenvalue weighted by Crippen LogP contribution is 2.28. The van der Waals surface area contributed by atoms with Gasteiger partial charge in [-0.25, -0.2) is 17.5 Å². The van der Waals surface area contributed by atoms with Gasteiger partial charge in [-0.15, -0.1) is 0 Å². The molecule has 0 atom stereocenters. The van der Waals surface area contributed by atoms with Crippen LogP contribution in [0.3, 0.4) is 0 Å². The molecule has 2 aromatic carbocycles. The lowest BCUT2D eigenvalue weighted by atomic mass is 9.91. The molecule has 1 aliphatic carbocycles. The zero-order valence-corrected chi connectivity index (χ0v) is 17.2. The van der Waals surface area contributed by atoms with Crippen LogP contribution in [0.4, 0.5) is 10.1 Å². The van der Waals surface area contributed by atoms with E-state index in [0.29, 0.717) is 17.9 Å². The maximum atomic E-state index is 13.9. The van der Waals surface area contributed by atoms with Crippen LogP contribution < -0.4 is 10.0 Å². The van der Waals surface area contributed by atoms with Gasteiger partial charge in [0.2, 0.25) is 10.0 Å². The SMILES string of the molecule is O=S(=O)(NC1CCC(Nc2ccnc3cc(Cl)ccc23)CC1)c1ccccc1F. The summed E-state index contributed by atoms with van der Waals surface area (Å²) in [7, 11) is -3.87. The topological polar surface area (TPSA) is 71.1 Å². The monoisotopic (exact) mass is 433 g/mol. The number of rotatable bonds is 5. The van der Waals surface area contributed by atoms with Gasteiger partial charge >= 0.3 is 0 Å². The van der Waals surface area contributed by atoms with Crippen molar-refractivity contribution < 1.29 is 12.8 Å². The second kappa shape index (κ2) is 8.26. The Bertz CT molecular complexity index is 1130. The van der Waals surface area contributed by atoms with Crippen LogP contribution in [0.2, 0.25) is 5.02 Å². The molecule has 4 rings (SSSR count). The normalized spacial score (nSPS) is 19.9. The van der Waals surface area contributed by atoms with E-state index in [2.05, 4.69) is 15.0 Å². The van der Waals surface area contributed by atoms with Gasteiger partial charge in [0.15, 0.2) is 0 Å². The maximum Gasteiger partial charge on any atom is 0.243 e. The zero-order chi connectivity index (χ0) is 20.4. The predicted molar refractivity (Wildman–Crippen MR) is 113 cm³/mol. The molecular formula is C21H21ClFN3O2S. The van der Waals surface area contributed by atoms with E-state index in [-0.39, 0.29) is 17.0 Å². The van der Waals surface area contributed by atoms with Crippen LogP contribution in [0.5, 0.6) is 0 Å². The standard InChI is InChI=1S/C21H21ClFN3O2S/c22-14-5-10-17-19(11-12-24-20(17)13-14)25-15-6-8-16(9-7-15)26-29(27,28)21-4-2-1-3-18(21)23/h1-5,10-13,15-16,26H,6-9H2,(H,24,25). The van der Waals surface area contributed by atoms with Crippen molar-refractivity contribution in [3.05, 3.63) is 65.6 Å². The van der Waals surface area contributed by atoms with E-state index in [1.807, 2.05) is 24.3 Å². The highest BCUT2D eigenvalue weighted by atomic mass is 35.5. The molecule has 3 aromatic rings. The van der Waals surface area contributed by atoms with Crippen molar-refractivity contribution in [2.45, 2.75) is 42.7 Å². The molecule has 1 saturated carbocycles. The minimum absolute atomic E-state index is 0.203. The van der Waals surface area contributed by atoms with E-state index in [4.69, 9.17) is 11.6 Å². The Balaban J connectivity index is 1.40. The fourth-order valence-corrected chi connectivity index (χ4v) is 5.32. The van der Waals surface area contributed by atoms with Crippen molar-refractivity contribution >= 4 is 38.2 Å². The molecule has 1 heterocycles. The molecular weight excluding hydrogens is 413 g/mol. The number of hydrogen-bond donors (Lipinski definition) is 2. The average molecular weight is 434 g/mol. The largest absolute Gasteiger partial charge is 0.382 e. The van der Waals surface area contributed by atoms with Gasteiger partial charge in [0, 0.05) is 34.4 Å². The van der Waals surface area contributed by atoms with E-state index in [1.165, 1.54) is 18.2 Å². The Kier molecular flexibility index (Phi) is 5.72. The zero-order valence-electron chi connectivity index (χ0n) is 15.6. The minimum Gasteiger partial charge on any atom is -0.382 e. The summed E-state index contributed by atoms with van der Waals surface area (Å²) < 4.78 is 41.5. The number of anilines is 1. The summed E-state index contributed by atoms with van der Waals surface area (Å²) in [4.78, 5) is 4.05. The van der Waals surface area contributed by atoms with E-state index < -0.39 is 15.8 Å². The first-order chi connectivity index (χ1) is 13.9. The Morgan fingerprint density at radius 2 is 1.72 bits per heavy atom. The van der Waals surface area contributed by atoms with Crippen molar-refractivity contribution in [1.82, 2.24) is 9.71 Å². The average Bonchev–Trinajstić information content (AvgIpc) is 2.69. The molecule has 0 radical (unpaired) electrons. The van der Waals surface area contributed by atoms with Gasteiger partial charge in [0.1, 0.15) is 10.7 Å². The first kappa shape index (κ1) is 20.1. The van der Waals surface area contributed by atoms with E-state index in [1.54, 1.807) is 6.20 Å². The van der Waals surface area contributed by atoms with Gasteiger partial charge < -0.3 is 5.32 Å². The second-order valence-electron chi connectivity index (χ2n) is 7.26. The van der Waals surface area contributed by atoms with Gasteiger partial charge in [0.05, 0.1) is 5.52 Å². The van der Waals surface area contributed by atoms with Crippen molar-refractivity contribution in [2.24, 2.45) is 0 Å². The lowest BCUT2D eigenvalue weighted by Crippen LogP contribution is -2.40. The van der Waals surface area contributed by atoms with Crippen LogP contribution in [0, 0.1) is 5.82 Å². The summed E-state index contributed by atoms with van der Waals surface area (Å²) in [5, 5.41) is 5.19. The lowest BCUT2D eigenvalue weighted by Gasteiger charge is -2.30. The third kappa shape index (κ3) is 4.52. The van der Waals surface area contributed by atoms with Crippen LogP contribution in [0.1, 0.15) is 25.7 Å². The number of aromatic nitrogens is 1. The van der Waals surface area contributed by atoms with Gasteiger partial charge in [-0.3, -0.25) is 4.98 Å². The summed E-state index contributed by atoms with van der Waals surface area (Å²) in [5.41, 5.74) is 1.82. The highest BCUT2D eigenvalue weighted by Gasteiger charge is 2.27. The summed E-state index contributed by atoms with van der Waals surface area (Å²) in [5.74, 6) is -0.736. The first-order valence-electron chi connectivity index (χ1n) is 9.50. The number of pyridine rings is 1. The fraction of sp³-hybridized carbons (Fsp3) is 0.286. The van der Waals surface area contributed by atoms with Gasteiger partial charge in [-0.05, 0) is 62.1 Å². The maximum absolute atomic E-state index is 13.9. The molecule has 1 aliphatic rings. The highest BCUT2D eigenvalue weighted by molar-refractivity contribution is 7.89. The molecule has 2 N–H and O–H groups in total. The molecule has 1 fully saturated rings. The number of halogens is 2.